The molecule has 1 N–H and O–H groups in total. The molecule has 2 aliphatic heterocycles. The number of rotatable bonds is 5. The summed E-state index contributed by atoms with van der Waals surface area (Å²) in [6.45, 7) is 8.80. The van der Waals surface area contributed by atoms with E-state index in [-0.39, 0.29) is 17.7 Å². The minimum absolute atomic E-state index is 0.0151. The van der Waals surface area contributed by atoms with Gasteiger partial charge in [-0.2, -0.15) is 0 Å². The highest BCUT2D eigenvalue weighted by Gasteiger charge is 2.29. The smallest absolute Gasteiger partial charge is 0.254 e. The molecule has 2 aromatic rings. The number of nitrogens with one attached hydrogen (secondary N) is 1. The summed E-state index contributed by atoms with van der Waals surface area (Å²) < 4.78 is 0. The molecular formula is C26H35N3O2. The SMILES string of the molecule is CC(C)N1CCCC(CNC(=O)C2CCN(C(=O)c3cccc4ccccc34)CC2)C1. The van der Waals surface area contributed by atoms with Crippen molar-refractivity contribution in [2.75, 3.05) is 32.7 Å². The van der Waals surface area contributed by atoms with E-state index in [0.29, 0.717) is 25.0 Å². The average Bonchev–Trinajstić information content (AvgIpc) is 2.82. The standard InChI is InChI=1S/C26H35N3O2/c1-19(2)29-14-6-7-20(18-29)17-27-25(30)22-12-15-28(16-13-22)26(31)24-11-5-9-21-8-3-4-10-23(21)24/h3-5,8-11,19-20,22H,6-7,12-18H2,1-2H3,(H,27,30). The summed E-state index contributed by atoms with van der Waals surface area (Å²) in [6.07, 6.45) is 3.89. The molecule has 4 rings (SSSR count). The Morgan fingerprint density at radius 3 is 2.52 bits per heavy atom. The number of likely N-dealkylation sites (tertiary alicyclic amines) is 2. The molecule has 2 heterocycles. The van der Waals surface area contributed by atoms with E-state index in [1.807, 2.05) is 47.4 Å². The van der Waals surface area contributed by atoms with E-state index in [9.17, 15) is 9.59 Å². The van der Waals surface area contributed by atoms with Gasteiger partial charge in [-0.1, -0.05) is 36.4 Å². The number of piperidine rings is 2. The summed E-state index contributed by atoms with van der Waals surface area (Å²) in [4.78, 5) is 30.3. The Morgan fingerprint density at radius 1 is 1.00 bits per heavy atom. The molecule has 2 aliphatic rings. The fourth-order valence-electron chi connectivity index (χ4n) is 5.05. The first-order valence-electron chi connectivity index (χ1n) is 11.8. The third-order valence-corrected chi connectivity index (χ3v) is 7.02. The van der Waals surface area contributed by atoms with Crippen molar-refractivity contribution in [1.82, 2.24) is 15.1 Å². The summed E-state index contributed by atoms with van der Waals surface area (Å²) in [5.74, 6) is 0.806. The van der Waals surface area contributed by atoms with Gasteiger partial charge in [-0.15, -0.1) is 0 Å². The predicted molar refractivity (Wildman–Crippen MR) is 125 cm³/mol. The van der Waals surface area contributed by atoms with Gasteiger partial charge < -0.3 is 15.1 Å². The van der Waals surface area contributed by atoms with Crippen molar-refractivity contribution in [3.05, 3.63) is 48.0 Å². The lowest BCUT2D eigenvalue weighted by Crippen LogP contribution is -2.46. The lowest BCUT2D eigenvalue weighted by molar-refractivity contribution is -0.126. The van der Waals surface area contributed by atoms with Crippen LogP contribution in [-0.2, 0) is 4.79 Å². The Labute approximate surface area is 185 Å². The number of nitrogens with zero attached hydrogens (tertiary/aromatic N) is 2. The van der Waals surface area contributed by atoms with Crippen LogP contribution < -0.4 is 5.32 Å². The molecule has 1 atom stereocenters. The van der Waals surface area contributed by atoms with Crippen LogP contribution in [0.25, 0.3) is 10.8 Å². The molecule has 0 aromatic heterocycles. The Bertz CT molecular complexity index is 913. The number of hydrogen-bond donors (Lipinski definition) is 1. The van der Waals surface area contributed by atoms with Crippen molar-refractivity contribution in [3.8, 4) is 0 Å². The molecule has 31 heavy (non-hydrogen) atoms. The van der Waals surface area contributed by atoms with E-state index in [1.165, 1.54) is 19.4 Å². The largest absolute Gasteiger partial charge is 0.356 e. The van der Waals surface area contributed by atoms with Crippen LogP contribution in [0, 0.1) is 11.8 Å². The van der Waals surface area contributed by atoms with Gasteiger partial charge in [0.1, 0.15) is 0 Å². The second-order valence-corrected chi connectivity index (χ2v) is 9.44. The molecular weight excluding hydrogens is 386 g/mol. The highest BCUT2D eigenvalue weighted by Crippen LogP contribution is 2.24. The van der Waals surface area contributed by atoms with Crippen molar-refractivity contribution in [1.29, 1.82) is 0 Å². The average molecular weight is 422 g/mol. The Morgan fingerprint density at radius 2 is 1.74 bits per heavy atom. The van der Waals surface area contributed by atoms with E-state index in [1.54, 1.807) is 0 Å². The van der Waals surface area contributed by atoms with Crippen molar-refractivity contribution in [2.45, 2.75) is 45.6 Å². The molecule has 0 spiro atoms. The lowest BCUT2D eigenvalue weighted by Gasteiger charge is -2.36. The first kappa shape index (κ1) is 21.8. The summed E-state index contributed by atoms with van der Waals surface area (Å²) in [7, 11) is 0. The maximum absolute atomic E-state index is 13.1. The van der Waals surface area contributed by atoms with Crippen LogP contribution in [0.5, 0.6) is 0 Å². The molecule has 0 aliphatic carbocycles. The van der Waals surface area contributed by atoms with Gasteiger partial charge in [-0.05, 0) is 68.8 Å². The van der Waals surface area contributed by atoms with Gasteiger partial charge in [0.15, 0.2) is 0 Å². The molecule has 0 radical (unpaired) electrons. The summed E-state index contributed by atoms with van der Waals surface area (Å²) in [5, 5.41) is 5.29. The van der Waals surface area contributed by atoms with E-state index in [4.69, 9.17) is 0 Å². The molecule has 5 nitrogen and oxygen atoms in total. The van der Waals surface area contributed by atoms with Gasteiger partial charge in [0.05, 0.1) is 0 Å². The van der Waals surface area contributed by atoms with Gasteiger partial charge in [-0.25, -0.2) is 0 Å². The summed E-state index contributed by atoms with van der Waals surface area (Å²) >= 11 is 0. The molecule has 0 saturated carbocycles. The summed E-state index contributed by atoms with van der Waals surface area (Å²) in [5.41, 5.74) is 0.757. The quantitative estimate of drug-likeness (QED) is 0.796. The maximum Gasteiger partial charge on any atom is 0.254 e. The van der Waals surface area contributed by atoms with Crippen molar-refractivity contribution >= 4 is 22.6 Å². The zero-order chi connectivity index (χ0) is 21.8. The number of amides is 2. The van der Waals surface area contributed by atoms with Gasteiger partial charge in [0, 0.05) is 43.7 Å². The maximum atomic E-state index is 13.1. The molecule has 2 amide bonds. The topological polar surface area (TPSA) is 52.7 Å². The number of carbonyl (C=O) groups is 2. The Hall–Kier alpha value is -2.40. The zero-order valence-corrected chi connectivity index (χ0v) is 18.8. The summed E-state index contributed by atoms with van der Waals surface area (Å²) in [6, 6.07) is 14.5. The minimum Gasteiger partial charge on any atom is -0.356 e. The van der Waals surface area contributed by atoms with Crippen LogP contribution >= 0.6 is 0 Å². The van der Waals surface area contributed by atoms with E-state index >= 15 is 0 Å². The molecule has 166 valence electrons. The lowest BCUT2D eigenvalue weighted by atomic mass is 9.93. The van der Waals surface area contributed by atoms with Crippen LogP contribution in [0.4, 0.5) is 0 Å². The molecule has 2 fully saturated rings. The molecule has 0 bridgehead atoms. The van der Waals surface area contributed by atoms with E-state index < -0.39 is 0 Å². The first-order valence-corrected chi connectivity index (χ1v) is 11.8. The highest BCUT2D eigenvalue weighted by molar-refractivity contribution is 6.07. The predicted octanol–water partition coefficient (Wildman–Crippen LogP) is 3.93. The number of fused-ring (bicyclic) bond motifs is 1. The van der Waals surface area contributed by atoms with E-state index in [2.05, 4.69) is 24.1 Å². The second kappa shape index (κ2) is 9.82. The van der Waals surface area contributed by atoms with Crippen LogP contribution in [0.3, 0.4) is 0 Å². The normalized spacial score (nSPS) is 20.9. The number of hydrogen-bond acceptors (Lipinski definition) is 3. The van der Waals surface area contributed by atoms with Gasteiger partial charge in [-0.3, -0.25) is 9.59 Å². The zero-order valence-electron chi connectivity index (χ0n) is 18.8. The van der Waals surface area contributed by atoms with E-state index in [0.717, 1.165) is 42.3 Å². The van der Waals surface area contributed by atoms with Gasteiger partial charge in [0.2, 0.25) is 5.91 Å². The Balaban J connectivity index is 1.28. The molecule has 1 unspecified atom stereocenters. The molecule has 5 heteroatoms. The number of carbonyl (C=O) groups excluding carboxylic acids is 2. The van der Waals surface area contributed by atoms with Crippen molar-refractivity contribution in [3.63, 3.8) is 0 Å². The third-order valence-electron chi connectivity index (χ3n) is 7.02. The molecule has 2 saturated heterocycles. The second-order valence-electron chi connectivity index (χ2n) is 9.44. The molecule has 2 aromatic carbocycles. The van der Waals surface area contributed by atoms with Crippen LogP contribution in [0.15, 0.2) is 42.5 Å². The van der Waals surface area contributed by atoms with Crippen molar-refractivity contribution in [2.24, 2.45) is 11.8 Å². The first-order chi connectivity index (χ1) is 15.0. The fourth-order valence-corrected chi connectivity index (χ4v) is 5.05. The number of benzene rings is 2. The highest BCUT2D eigenvalue weighted by atomic mass is 16.2. The third kappa shape index (κ3) is 5.09. The fraction of sp³-hybridized carbons (Fsp3) is 0.538. The monoisotopic (exact) mass is 421 g/mol. The Kier molecular flexibility index (Phi) is 6.91. The van der Waals surface area contributed by atoms with Crippen LogP contribution in [0.1, 0.15) is 49.9 Å². The van der Waals surface area contributed by atoms with Crippen LogP contribution in [0.2, 0.25) is 0 Å². The minimum atomic E-state index is 0.0151. The van der Waals surface area contributed by atoms with Crippen molar-refractivity contribution < 1.29 is 9.59 Å². The van der Waals surface area contributed by atoms with Gasteiger partial charge in [0.25, 0.3) is 5.91 Å². The van der Waals surface area contributed by atoms with Gasteiger partial charge >= 0.3 is 0 Å². The van der Waals surface area contributed by atoms with Crippen LogP contribution in [-0.4, -0.2) is 60.4 Å².